The lowest BCUT2D eigenvalue weighted by molar-refractivity contribution is -0.141. The summed E-state index contributed by atoms with van der Waals surface area (Å²) >= 11 is 0. The second kappa shape index (κ2) is 6.17. The van der Waals surface area contributed by atoms with Crippen molar-refractivity contribution >= 4 is 11.9 Å². The van der Waals surface area contributed by atoms with Crippen LogP contribution in [0.1, 0.15) is 29.9 Å². The average Bonchev–Trinajstić information content (AvgIpc) is 2.36. The standard InChI is InChI=1S/C13H18N2O4/c1-7-5-6-10(12(14-7)19-4)11(16)15-9(3)8(2)13(17)18/h5-6,8-9H,1-4H3,(H,15,16)(H,17,18). The number of ether oxygens (including phenoxy) is 1. The Balaban J connectivity index is 2.87. The van der Waals surface area contributed by atoms with Crippen LogP contribution in [0.15, 0.2) is 12.1 Å². The molecule has 1 heterocycles. The van der Waals surface area contributed by atoms with Gasteiger partial charge in [0.05, 0.1) is 13.0 Å². The number of nitrogens with zero attached hydrogens (tertiary/aromatic N) is 1. The molecule has 0 fully saturated rings. The van der Waals surface area contributed by atoms with E-state index in [0.717, 1.165) is 5.69 Å². The van der Waals surface area contributed by atoms with Gasteiger partial charge < -0.3 is 15.2 Å². The average molecular weight is 266 g/mol. The maximum Gasteiger partial charge on any atom is 0.308 e. The van der Waals surface area contributed by atoms with Crippen LogP contribution >= 0.6 is 0 Å². The first kappa shape index (κ1) is 14.9. The van der Waals surface area contributed by atoms with E-state index in [0.29, 0.717) is 0 Å². The van der Waals surface area contributed by atoms with Gasteiger partial charge in [-0.25, -0.2) is 4.98 Å². The van der Waals surface area contributed by atoms with E-state index in [1.54, 1.807) is 26.0 Å². The molecule has 0 radical (unpaired) electrons. The molecule has 2 N–H and O–H groups in total. The van der Waals surface area contributed by atoms with Crippen LogP contribution in [0.3, 0.4) is 0 Å². The molecule has 6 heteroatoms. The first-order valence-corrected chi connectivity index (χ1v) is 5.92. The van der Waals surface area contributed by atoms with Gasteiger partial charge in [0.2, 0.25) is 5.88 Å². The predicted octanol–water partition coefficient (Wildman–Crippen LogP) is 1.24. The lowest BCUT2D eigenvalue weighted by atomic mass is 10.0. The van der Waals surface area contributed by atoms with Crippen molar-refractivity contribution in [1.29, 1.82) is 0 Å². The third-order valence-electron chi connectivity index (χ3n) is 2.94. The minimum atomic E-state index is -0.957. The highest BCUT2D eigenvalue weighted by atomic mass is 16.5. The van der Waals surface area contributed by atoms with E-state index in [4.69, 9.17) is 9.84 Å². The van der Waals surface area contributed by atoms with E-state index in [2.05, 4.69) is 10.3 Å². The molecule has 1 rings (SSSR count). The number of aromatic nitrogens is 1. The number of aryl methyl sites for hydroxylation is 1. The summed E-state index contributed by atoms with van der Waals surface area (Å²) in [4.78, 5) is 27.0. The van der Waals surface area contributed by atoms with Gasteiger partial charge >= 0.3 is 5.97 Å². The number of methoxy groups -OCH3 is 1. The maximum absolute atomic E-state index is 12.0. The van der Waals surface area contributed by atoms with Gasteiger partial charge in [0.15, 0.2) is 0 Å². The molecular weight excluding hydrogens is 248 g/mol. The zero-order chi connectivity index (χ0) is 14.6. The molecule has 2 unspecified atom stereocenters. The zero-order valence-corrected chi connectivity index (χ0v) is 11.4. The molecule has 0 bridgehead atoms. The number of hydrogen-bond donors (Lipinski definition) is 2. The third-order valence-corrected chi connectivity index (χ3v) is 2.94. The van der Waals surface area contributed by atoms with Crippen molar-refractivity contribution < 1.29 is 19.4 Å². The minimum Gasteiger partial charge on any atom is -0.481 e. The first-order chi connectivity index (χ1) is 8.86. The molecule has 0 aromatic carbocycles. The Bertz CT molecular complexity index is 488. The van der Waals surface area contributed by atoms with Crippen LogP contribution < -0.4 is 10.1 Å². The summed E-state index contributed by atoms with van der Waals surface area (Å²) in [6, 6.07) is 2.81. The van der Waals surface area contributed by atoms with Crippen molar-refractivity contribution in [3.63, 3.8) is 0 Å². The van der Waals surface area contributed by atoms with E-state index in [1.165, 1.54) is 14.0 Å². The van der Waals surface area contributed by atoms with Gasteiger partial charge in [-0.3, -0.25) is 9.59 Å². The van der Waals surface area contributed by atoms with Crippen molar-refractivity contribution in [2.45, 2.75) is 26.8 Å². The predicted molar refractivity (Wildman–Crippen MR) is 69.3 cm³/mol. The first-order valence-electron chi connectivity index (χ1n) is 5.92. The van der Waals surface area contributed by atoms with E-state index >= 15 is 0 Å². The van der Waals surface area contributed by atoms with Crippen LogP contribution in [-0.4, -0.2) is 35.1 Å². The van der Waals surface area contributed by atoms with Crippen LogP contribution in [0.2, 0.25) is 0 Å². The summed E-state index contributed by atoms with van der Waals surface area (Å²) in [6.45, 7) is 4.97. The molecule has 0 saturated carbocycles. The molecule has 19 heavy (non-hydrogen) atoms. The number of nitrogens with one attached hydrogen (secondary N) is 1. The lowest BCUT2D eigenvalue weighted by Crippen LogP contribution is -2.40. The molecule has 0 aliphatic carbocycles. The molecule has 6 nitrogen and oxygen atoms in total. The Kier molecular flexibility index (Phi) is 4.86. The molecule has 1 aromatic rings. The highest BCUT2D eigenvalue weighted by Crippen LogP contribution is 2.16. The van der Waals surface area contributed by atoms with Crippen LogP contribution in [-0.2, 0) is 4.79 Å². The van der Waals surface area contributed by atoms with Crippen LogP contribution in [0.25, 0.3) is 0 Å². The molecule has 0 saturated heterocycles. The number of hydrogen-bond acceptors (Lipinski definition) is 4. The SMILES string of the molecule is COc1nc(C)ccc1C(=O)NC(C)C(C)C(=O)O. The second-order valence-corrected chi connectivity index (χ2v) is 4.40. The normalized spacial score (nSPS) is 13.5. The summed E-state index contributed by atoms with van der Waals surface area (Å²) in [6.07, 6.45) is 0. The number of pyridine rings is 1. The van der Waals surface area contributed by atoms with Gasteiger partial charge in [0.1, 0.15) is 5.56 Å². The molecular formula is C13H18N2O4. The van der Waals surface area contributed by atoms with Gasteiger partial charge in [-0.05, 0) is 32.9 Å². The number of amides is 1. The van der Waals surface area contributed by atoms with Gasteiger partial charge in [-0.2, -0.15) is 0 Å². The third kappa shape index (κ3) is 3.67. The maximum atomic E-state index is 12.0. The second-order valence-electron chi connectivity index (χ2n) is 4.40. The molecule has 0 spiro atoms. The quantitative estimate of drug-likeness (QED) is 0.837. The number of carbonyl (C=O) groups is 2. The topological polar surface area (TPSA) is 88.5 Å². The van der Waals surface area contributed by atoms with Gasteiger partial charge in [0.25, 0.3) is 5.91 Å². The number of carboxylic acid groups (broad SMARTS) is 1. The van der Waals surface area contributed by atoms with Crippen molar-refractivity contribution in [2.24, 2.45) is 5.92 Å². The van der Waals surface area contributed by atoms with E-state index < -0.39 is 23.8 Å². The Labute approximate surface area is 111 Å². The Morgan fingerprint density at radius 2 is 2.00 bits per heavy atom. The fourth-order valence-electron chi connectivity index (χ4n) is 1.48. The highest BCUT2D eigenvalue weighted by molar-refractivity contribution is 5.96. The smallest absolute Gasteiger partial charge is 0.308 e. The monoisotopic (exact) mass is 266 g/mol. The fraction of sp³-hybridized carbons (Fsp3) is 0.462. The molecule has 0 aliphatic heterocycles. The fourth-order valence-corrected chi connectivity index (χ4v) is 1.48. The molecule has 1 amide bonds. The van der Waals surface area contributed by atoms with E-state index in [1.807, 2.05) is 0 Å². The van der Waals surface area contributed by atoms with Gasteiger partial charge in [-0.15, -0.1) is 0 Å². The Morgan fingerprint density at radius 3 is 2.53 bits per heavy atom. The van der Waals surface area contributed by atoms with Gasteiger partial charge in [0, 0.05) is 11.7 Å². The van der Waals surface area contributed by atoms with Crippen molar-refractivity contribution in [3.05, 3.63) is 23.4 Å². The van der Waals surface area contributed by atoms with Gasteiger partial charge in [-0.1, -0.05) is 0 Å². The Morgan fingerprint density at radius 1 is 1.37 bits per heavy atom. The van der Waals surface area contributed by atoms with Crippen molar-refractivity contribution in [2.75, 3.05) is 7.11 Å². The molecule has 0 aliphatic rings. The summed E-state index contributed by atoms with van der Waals surface area (Å²) < 4.78 is 5.05. The summed E-state index contributed by atoms with van der Waals surface area (Å²) in [5, 5.41) is 11.5. The summed E-state index contributed by atoms with van der Waals surface area (Å²) in [5.74, 6) is -1.80. The zero-order valence-electron chi connectivity index (χ0n) is 11.4. The summed E-state index contributed by atoms with van der Waals surface area (Å²) in [5.41, 5.74) is 1.03. The van der Waals surface area contributed by atoms with Crippen molar-refractivity contribution in [1.82, 2.24) is 10.3 Å². The molecule has 1 aromatic heterocycles. The van der Waals surface area contributed by atoms with Crippen LogP contribution in [0.4, 0.5) is 0 Å². The lowest BCUT2D eigenvalue weighted by Gasteiger charge is -2.18. The van der Waals surface area contributed by atoms with Crippen molar-refractivity contribution in [3.8, 4) is 5.88 Å². The van der Waals surface area contributed by atoms with Crippen LogP contribution in [0.5, 0.6) is 5.88 Å². The minimum absolute atomic E-state index is 0.229. The Hall–Kier alpha value is -2.11. The number of aliphatic carboxylic acids is 1. The number of carbonyl (C=O) groups excluding carboxylic acids is 1. The summed E-state index contributed by atoms with van der Waals surface area (Å²) in [7, 11) is 1.43. The largest absolute Gasteiger partial charge is 0.481 e. The van der Waals surface area contributed by atoms with E-state index in [9.17, 15) is 9.59 Å². The molecule has 104 valence electrons. The van der Waals surface area contributed by atoms with Crippen LogP contribution in [0, 0.1) is 12.8 Å². The number of carboxylic acids is 1. The highest BCUT2D eigenvalue weighted by Gasteiger charge is 2.23. The number of rotatable bonds is 5. The molecule has 2 atom stereocenters. The van der Waals surface area contributed by atoms with E-state index in [-0.39, 0.29) is 11.4 Å².